The van der Waals surface area contributed by atoms with Crippen LogP contribution in [-0.4, -0.2) is 28.5 Å². The Bertz CT molecular complexity index is 905. The zero-order valence-corrected chi connectivity index (χ0v) is 16.7. The average Bonchev–Trinajstić information content (AvgIpc) is 3.03. The van der Waals surface area contributed by atoms with Gasteiger partial charge in [0.05, 0.1) is 0 Å². The Labute approximate surface area is 166 Å². The summed E-state index contributed by atoms with van der Waals surface area (Å²) in [5.74, 6) is 1.29. The molecule has 1 N–H and O–H groups in total. The van der Waals surface area contributed by atoms with E-state index < -0.39 is 0 Å². The maximum atomic E-state index is 13.2. The number of aryl methyl sites for hydroxylation is 1. The van der Waals surface area contributed by atoms with Crippen molar-refractivity contribution in [3.63, 3.8) is 0 Å². The molecule has 28 heavy (non-hydrogen) atoms. The van der Waals surface area contributed by atoms with Crippen molar-refractivity contribution < 1.29 is 4.79 Å². The van der Waals surface area contributed by atoms with E-state index in [0.29, 0.717) is 11.5 Å². The molecule has 0 spiro atoms. The highest BCUT2D eigenvalue weighted by atomic mass is 16.2. The number of benzene rings is 1. The molecule has 0 bridgehead atoms. The van der Waals surface area contributed by atoms with Crippen LogP contribution in [0, 0.1) is 6.92 Å². The Morgan fingerprint density at radius 3 is 2.93 bits per heavy atom. The highest BCUT2D eigenvalue weighted by Gasteiger charge is 2.32. The van der Waals surface area contributed by atoms with Crippen LogP contribution in [0.3, 0.4) is 0 Å². The quantitative estimate of drug-likeness (QED) is 0.770. The first-order valence-electron chi connectivity index (χ1n) is 10.3. The molecule has 1 aliphatic carbocycles. The Morgan fingerprint density at radius 2 is 2.11 bits per heavy atom. The molecule has 0 fully saturated rings. The molecular weight excluding hydrogens is 348 g/mol. The number of hydrogen-bond acceptors (Lipinski definition) is 4. The predicted molar refractivity (Wildman–Crippen MR) is 113 cm³/mol. The van der Waals surface area contributed by atoms with Gasteiger partial charge in [-0.05, 0) is 64.0 Å². The van der Waals surface area contributed by atoms with Crippen molar-refractivity contribution in [3.8, 4) is 0 Å². The third-order valence-corrected chi connectivity index (χ3v) is 5.62. The number of fused-ring (bicyclic) bond motifs is 1. The van der Waals surface area contributed by atoms with Gasteiger partial charge >= 0.3 is 0 Å². The number of carbonyl (C=O) groups is 1. The molecule has 1 aromatic carbocycles. The molecule has 5 heteroatoms. The SMILES string of the molecule is Cc1nc(NCCC2=CCCCC2)cc(C(=O)N2c3ccccc3CC2C)n1. The van der Waals surface area contributed by atoms with Gasteiger partial charge in [0.15, 0.2) is 0 Å². The normalized spacial score (nSPS) is 18.6. The summed E-state index contributed by atoms with van der Waals surface area (Å²) in [6, 6.07) is 10.0. The fraction of sp³-hybridized carbons (Fsp3) is 0.435. The number of carbonyl (C=O) groups excluding carboxylic acids is 1. The van der Waals surface area contributed by atoms with E-state index in [1.165, 1.54) is 36.8 Å². The van der Waals surface area contributed by atoms with Crippen LogP contribution in [-0.2, 0) is 6.42 Å². The second-order valence-electron chi connectivity index (χ2n) is 7.83. The summed E-state index contributed by atoms with van der Waals surface area (Å²) in [5.41, 5.74) is 4.20. The highest BCUT2D eigenvalue weighted by Crippen LogP contribution is 2.33. The molecular formula is C23H28N4O. The summed E-state index contributed by atoms with van der Waals surface area (Å²) in [5, 5.41) is 3.39. The second kappa shape index (κ2) is 8.13. The van der Waals surface area contributed by atoms with E-state index in [1.807, 2.05) is 30.0 Å². The van der Waals surface area contributed by atoms with E-state index >= 15 is 0 Å². The maximum absolute atomic E-state index is 13.2. The molecule has 2 heterocycles. The van der Waals surface area contributed by atoms with Crippen LogP contribution < -0.4 is 10.2 Å². The van der Waals surface area contributed by atoms with Crippen molar-refractivity contribution in [2.75, 3.05) is 16.8 Å². The van der Waals surface area contributed by atoms with Crippen LogP contribution in [0.15, 0.2) is 42.0 Å². The van der Waals surface area contributed by atoms with E-state index in [9.17, 15) is 4.79 Å². The van der Waals surface area contributed by atoms with Crippen LogP contribution in [0.4, 0.5) is 11.5 Å². The van der Waals surface area contributed by atoms with Crippen LogP contribution in [0.5, 0.6) is 0 Å². The molecule has 1 amide bonds. The Morgan fingerprint density at radius 1 is 1.25 bits per heavy atom. The molecule has 0 saturated carbocycles. The fourth-order valence-electron chi connectivity index (χ4n) is 4.25. The lowest BCUT2D eigenvalue weighted by atomic mass is 9.97. The van der Waals surface area contributed by atoms with Gasteiger partial charge in [0.1, 0.15) is 17.3 Å². The standard InChI is InChI=1S/C23H28N4O/c1-16-14-19-10-6-7-11-21(19)27(16)23(28)20-15-22(26-17(2)25-20)24-13-12-18-8-4-3-5-9-18/h6-8,10-11,15-16H,3-5,9,12-14H2,1-2H3,(H,24,25,26). The Kier molecular flexibility index (Phi) is 5.42. The molecule has 146 valence electrons. The van der Waals surface area contributed by atoms with E-state index in [0.717, 1.165) is 30.9 Å². The van der Waals surface area contributed by atoms with Gasteiger partial charge in [0, 0.05) is 24.3 Å². The number of anilines is 2. The zero-order chi connectivity index (χ0) is 19.5. The summed E-state index contributed by atoms with van der Waals surface area (Å²) in [6.45, 7) is 4.76. The molecule has 5 nitrogen and oxygen atoms in total. The largest absolute Gasteiger partial charge is 0.370 e. The molecule has 2 aromatic rings. The van der Waals surface area contributed by atoms with Crippen LogP contribution in [0.2, 0.25) is 0 Å². The van der Waals surface area contributed by atoms with Crippen LogP contribution >= 0.6 is 0 Å². The number of para-hydroxylation sites is 1. The maximum Gasteiger partial charge on any atom is 0.277 e. The number of nitrogens with zero attached hydrogens (tertiary/aromatic N) is 3. The van der Waals surface area contributed by atoms with E-state index in [-0.39, 0.29) is 11.9 Å². The van der Waals surface area contributed by atoms with Crippen molar-refractivity contribution in [1.29, 1.82) is 0 Å². The number of aromatic nitrogens is 2. The Balaban J connectivity index is 1.49. The second-order valence-corrected chi connectivity index (χ2v) is 7.83. The molecule has 0 saturated heterocycles. The smallest absolute Gasteiger partial charge is 0.277 e. The van der Waals surface area contributed by atoms with Crippen molar-refractivity contribution in [3.05, 3.63) is 59.1 Å². The lowest BCUT2D eigenvalue weighted by Crippen LogP contribution is -2.36. The van der Waals surface area contributed by atoms with Crippen molar-refractivity contribution >= 4 is 17.4 Å². The molecule has 2 aliphatic rings. The van der Waals surface area contributed by atoms with Gasteiger partial charge in [-0.15, -0.1) is 0 Å². The van der Waals surface area contributed by atoms with Gasteiger partial charge < -0.3 is 10.2 Å². The van der Waals surface area contributed by atoms with E-state index in [4.69, 9.17) is 0 Å². The minimum atomic E-state index is -0.0546. The molecule has 1 aromatic heterocycles. The van der Waals surface area contributed by atoms with Gasteiger partial charge in [0.25, 0.3) is 5.91 Å². The molecule has 1 atom stereocenters. The van der Waals surface area contributed by atoms with Gasteiger partial charge in [-0.2, -0.15) is 0 Å². The number of hydrogen-bond donors (Lipinski definition) is 1. The van der Waals surface area contributed by atoms with Gasteiger partial charge in [-0.3, -0.25) is 4.79 Å². The molecule has 4 rings (SSSR count). The lowest BCUT2D eigenvalue weighted by molar-refractivity contribution is 0.0976. The number of allylic oxidation sites excluding steroid dienone is 1. The highest BCUT2D eigenvalue weighted by molar-refractivity contribution is 6.06. The minimum Gasteiger partial charge on any atom is -0.370 e. The topological polar surface area (TPSA) is 58.1 Å². The van der Waals surface area contributed by atoms with Crippen LogP contribution in [0.1, 0.15) is 60.9 Å². The first kappa shape index (κ1) is 18.7. The molecule has 0 radical (unpaired) electrons. The fourth-order valence-corrected chi connectivity index (χ4v) is 4.25. The van der Waals surface area contributed by atoms with Gasteiger partial charge in [-0.1, -0.05) is 29.8 Å². The Hall–Kier alpha value is -2.69. The third-order valence-electron chi connectivity index (χ3n) is 5.62. The van der Waals surface area contributed by atoms with Crippen LogP contribution in [0.25, 0.3) is 0 Å². The zero-order valence-electron chi connectivity index (χ0n) is 16.7. The van der Waals surface area contributed by atoms with Crippen molar-refractivity contribution in [2.45, 2.75) is 58.4 Å². The van der Waals surface area contributed by atoms with Gasteiger partial charge in [0.2, 0.25) is 0 Å². The molecule has 1 aliphatic heterocycles. The van der Waals surface area contributed by atoms with Crippen molar-refractivity contribution in [1.82, 2.24) is 9.97 Å². The number of nitrogens with one attached hydrogen (secondary N) is 1. The minimum absolute atomic E-state index is 0.0546. The third kappa shape index (κ3) is 3.93. The van der Waals surface area contributed by atoms with Gasteiger partial charge in [-0.25, -0.2) is 9.97 Å². The van der Waals surface area contributed by atoms with Crippen molar-refractivity contribution in [2.24, 2.45) is 0 Å². The average molecular weight is 377 g/mol. The van der Waals surface area contributed by atoms with E-state index in [1.54, 1.807) is 6.07 Å². The predicted octanol–water partition coefficient (Wildman–Crippen LogP) is 4.68. The molecule has 1 unspecified atom stereocenters. The number of rotatable bonds is 5. The first-order valence-corrected chi connectivity index (χ1v) is 10.3. The summed E-state index contributed by atoms with van der Waals surface area (Å²) in [6.07, 6.45) is 9.31. The summed E-state index contributed by atoms with van der Waals surface area (Å²) < 4.78 is 0. The first-order chi connectivity index (χ1) is 13.6. The number of amides is 1. The summed E-state index contributed by atoms with van der Waals surface area (Å²) >= 11 is 0. The summed E-state index contributed by atoms with van der Waals surface area (Å²) in [7, 11) is 0. The summed E-state index contributed by atoms with van der Waals surface area (Å²) in [4.78, 5) is 24.0. The lowest BCUT2D eigenvalue weighted by Gasteiger charge is -2.22. The monoisotopic (exact) mass is 376 g/mol. The van der Waals surface area contributed by atoms with E-state index in [2.05, 4.69) is 34.4 Å².